The van der Waals surface area contributed by atoms with Gasteiger partial charge in [0.2, 0.25) is 5.82 Å². The maximum atomic E-state index is 12.4. The molecule has 0 aliphatic carbocycles. The van der Waals surface area contributed by atoms with E-state index in [1.165, 1.54) is 18.2 Å². The maximum absolute atomic E-state index is 12.4. The molecule has 2 heterocycles. The number of aryl methyl sites for hydroxylation is 1. The Morgan fingerprint density at radius 2 is 1.94 bits per heavy atom. The number of carbonyl (C=O) groups is 1. The molecule has 7 nitrogen and oxygen atoms in total. The number of fused-ring (bicyclic) bond motifs is 1. The van der Waals surface area contributed by atoms with Crippen LogP contribution in [0.3, 0.4) is 0 Å². The van der Waals surface area contributed by atoms with Crippen molar-refractivity contribution in [1.82, 2.24) is 15.1 Å². The van der Waals surface area contributed by atoms with Crippen LogP contribution in [0.2, 0.25) is 5.02 Å². The van der Waals surface area contributed by atoms with E-state index in [0.717, 1.165) is 10.8 Å². The highest BCUT2D eigenvalue weighted by Gasteiger charge is 2.29. The highest BCUT2D eigenvalue weighted by Crippen LogP contribution is 2.33. The first kappa shape index (κ1) is 25.3. The number of pyridine rings is 1. The van der Waals surface area contributed by atoms with Crippen LogP contribution in [0.25, 0.3) is 33.6 Å². The zero-order valence-corrected chi connectivity index (χ0v) is 18.7. The van der Waals surface area contributed by atoms with Gasteiger partial charge in [0.25, 0.3) is 5.89 Å². The van der Waals surface area contributed by atoms with E-state index in [2.05, 4.69) is 15.1 Å². The Morgan fingerprint density at radius 1 is 1.15 bits per heavy atom. The van der Waals surface area contributed by atoms with Crippen molar-refractivity contribution in [2.45, 2.75) is 19.0 Å². The van der Waals surface area contributed by atoms with Gasteiger partial charge < -0.3 is 14.4 Å². The number of aliphatic carboxylic acids is 1. The van der Waals surface area contributed by atoms with Crippen LogP contribution in [0.15, 0.2) is 53.2 Å². The molecule has 2 aromatic heterocycles. The van der Waals surface area contributed by atoms with Crippen LogP contribution < -0.4 is 4.74 Å². The van der Waals surface area contributed by atoms with Crippen molar-refractivity contribution in [3.05, 3.63) is 59.4 Å². The summed E-state index contributed by atoms with van der Waals surface area (Å²) in [4.78, 5) is 19.6. The second-order valence-corrected chi connectivity index (χ2v) is 7.43. The van der Waals surface area contributed by atoms with E-state index in [1.54, 1.807) is 24.4 Å². The molecule has 0 spiro atoms. The van der Waals surface area contributed by atoms with Crippen LogP contribution >= 0.6 is 24.0 Å². The molecule has 0 saturated carbocycles. The minimum absolute atomic E-state index is 0. The lowest BCUT2D eigenvalue weighted by molar-refractivity contribution is -0.153. The lowest BCUT2D eigenvalue weighted by atomic mass is 10.0. The summed E-state index contributed by atoms with van der Waals surface area (Å²) in [6.45, 7) is -1.46. The number of carboxylic acids is 1. The van der Waals surface area contributed by atoms with E-state index in [4.69, 9.17) is 26.0 Å². The third kappa shape index (κ3) is 5.75. The molecule has 2 aromatic carbocycles. The zero-order chi connectivity index (χ0) is 23.6. The number of carboxylic acid groups (broad SMARTS) is 1. The first-order valence-electron chi connectivity index (χ1n) is 9.63. The summed E-state index contributed by atoms with van der Waals surface area (Å²) < 4.78 is 47.1. The lowest BCUT2D eigenvalue weighted by Gasteiger charge is -2.10. The van der Waals surface area contributed by atoms with Crippen molar-refractivity contribution in [3.63, 3.8) is 0 Å². The van der Waals surface area contributed by atoms with Crippen LogP contribution in [0.4, 0.5) is 13.2 Å². The van der Waals surface area contributed by atoms with Crippen LogP contribution in [0.1, 0.15) is 12.1 Å². The van der Waals surface area contributed by atoms with Crippen molar-refractivity contribution in [3.8, 4) is 28.6 Å². The van der Waals surface area contributed by atoms with Gasteiger partial charge in [-0.3, -0.25) is 9.78 Å². The minimum Gasteiger partial charge on any atom is -0.483 e. The fourth-order valence-corrected chi connectivity index (χ4v) is 3.48. The maximum Gasteiger partial charge on any atom is 0.422 e. The Kier molecular flexibility index (Phi) is 7.63. The molecule has 1 N–H and O–H groups in total. The molecular formula is C22H16Cl2F3N3O4. The van der Waals surface area contributed by atoms with E-state index in [-0.39, 0.29) is 47.7 Å². The number of hydrogen-bond acceptors (Lipinski definition) is 6. The third-order valence-corrected chi connectivity index (χ3v) is 5.00. The number of alkyl halides is 3. The van der Waals surface area contributed by atoms with Gasteiger partial charge in [-0.1, -0.05) is 35.0 Å². The number of benzene rings is 2. The summed E-state index contributed by atoms with van der Waals surface area (Å²) in [5.74, 6) is -0.639. The number of rotatable bonds is 7. The van der Waals surface area contributed by atoms with E-state index >= 15 is 0 Å². The molecule has 4 rings (SSSR count). The van der Waals surface area contributed by atoms with Crippen LogP contribution in [0, 0.1) is 0 Å². The smallest absolute Gasteiger partial charge is 0.422 e. The monoisotopic (exact) mass is 513 g/mol. The Morgan fingerprint density at radius 3 is 2.65 bits per heavy atom. The Labute approximate surface area is 201 Å². The Balaban J connectivity index is 0.00000324. The predicted molar refractivity (Wildman–Crippen MR) is 120 cm³/mol. The quantitative estimate of drug-likeness (QED) is 0.324. The van der Waals surface area contributed by atoms with E-state index in [1.807, 2.05) is 6.07 Å². The summed E-state index contributed by atoms with van der Waals surface area (Å²) >= 11 is 6.05. The molecule has 0 bridgehead atoms. The predicted octanol–water partition coefficient (Wildman–Crippen LogP) is 5.99. The number of nitrogens with zero attached hydrogens (tertiary/aromatic N) is 3. The van der Waals surface area contributed by atoms with Crippen molar-refractivity contribution >= 4 is 40.7 Å². The molecular weight excluding hydrogens is 498 g/mol. The number of ether oxygens (including phenoxy) is 1. The van der Waals surface area contributed by atoms with Crippen LogP contribution in [-0.4, -0.2) is 39.0 Å². The first-order valence-corrected chi connectivity index (χ1v) is 10.0. The molecule has 4 aromatic rings. The lowest BCUT2D eigenvalue weighted by Crippen LogP contribution is -2.19. The van der Waals surface area contributed by atoms with Crippen molar-refractivity contribution in [1.29, 1.82) is 0 Å². The second-order valence-electron chi connectivity index (χ2n) is 7.02. The molecule has 0 aliphatic rings. The third-order valence-electron chi connectivity index (χ3n) is 4.70. The molecule has 0 aliphatic heterocycles. The molecule has 0 radical (unpaired) electrons. The van der Waals surface area contributed by atoms with E-state index < -0.39 is 18.8 Å². The van der Waals surface area contributed by atoms with E-state index in [0.29, 0.717) is 16.8 Å². The SMILES string of the molecule is Cl.O=C(O)CCc1nccc2c(-c3noc(-c4ccc(OCC(F)(F)F)c(Cl)c4)n3)cccc12. The molecule has 0 atom stereocenters. The summed E-state index contributed by atoms with van der Waals surface area (Å²) in [6.07, 6.45) is -2.67. The van der Waals surface area contributed by atoms with Gasteiger partial charge in [-0.2, -0.15) is 18.2 Å². The second kappa shape index (κ2) is 10.3. The summed E-state index contributed by atoms with van der Waals surface area (Å²) in [6, 6.07) is 11.3. The molecule has 12 heteroatoms. The van der Waals surface area contributed by atoms with Gasteiger partial charge in [-0.05, 0) is 29.7 Å². The van der Waals surface area contributed by atoms with Gasteiger partial charge in [-0.15, -0.1) is 12.4 Å². The summed E-state index contributed by atoms with van der Waals surface area (Å²) in [5, 5.41) is 14.5. The highest BCUT2D eigenvalue weighted by molar-refractivity contribution is 6.32. The number of aromatic nitrogens is 3. The van der Waals surface area contributed by atoms with Gasteiger partial charge in [0.1, 0.15) is 5.75 Å². The van der Waals surface area contributed by atoms with Gasteiger partial charge in [0.15, 0.2) is 6.61 Å². The summed E-state index contributed by atoms with van der Waals surface area (Å²) in [5.41, 5.74) is 1.70. The standard InChI is InChI=1S/C22H15ClF3N3O4.ClH/c23-16-10-12(4-6-18(16)32-11-22(24,25)26)21-28-20(29-33-21)15-3-1-2-14-13(15)8-9-27-17(14)5-7-19(30)31;/h1-4,6,8-10H,5,7,11H2,(H,30,31);1H. The molecule has 0 saturated heterocycles. The Bertz CT molecular complexity index is 1330. The average molecular weight is 514 g/mol. The summed E-state index contributed by atoms with van der Waals surface area (Å²) in [7, 11) is 0. The van der Waals surface area contributed by atoms with Crippen molar-refractivity contribution in [2.75, 3.05) is 6.61 Å². The topological polar surface area (TPSA) is 98.3 Å². The fourth-order valence-electron chi connectivity index (χ4n) is 3.25. The fraction of sp³-hybridized carbons (Fsp3) is 0.182. The van der Waals surface area contributed by atoms with Crippen molar-refractivity contribution in [2.24, 2.45) is 0 Å². The van der Waals surface area contributed by atoms with Gasteiger partial charge >= 0.3 is 12.1 Å². The minimum atomic E-state index is -4.48. The van der Waals surface area contributed by atoms with Gasteiger partial charge in [0.05, 0.1) is 11.4 Å². The first-order chi connectivity index (χ1) is 15.7. The molecule has 34 heavy (non-hydrogen) atoms. The van der Waals surface area contributed by atoms with Crippen LogP contribution in [-0.2, 0) is 11.2 Å². The molecule has 0 amide bonds. The molecule has 0 unspecified atom stereocenters. The van der Waals surface area contributed by atoms with Crippen LogP contribution in [0.5, 0.6) is 5.75 Å². The Hall–Kier alpha value is -3.37. The van der Waals surface area contributed by atoms with E-state index in [9.17, 15) is 18.0 Å². The highest BCUT2D eigenvalue weighted by atomic mass is 35.5. The molecule has 0 fully saturated rings. The average Bonchev–Trinajstić information content (AvgIpc) is 3.25. The largest absolute Gasteiger partial charge is 0.483 e. The zero-order valence-electron chi connectivity index (χ0n) is 17.2. The number of halogens is 5. The normalized spacial score (nSPS) is 11.3. The number of hydrogen-bond donors (Lipinski definition) is 1. The van der Waals surface area contributed by atoms with Gasteiger partial charge in [-0.25, -0.2) is 0 Å². The molecule has 178 valence electrons. The van der Waals surface area contributed by atoms with Gasteiger partial charge in [0, 0.05) is 34.8 Å². The van der Waals surface area contributed by atoms with Crippen molar-refractivity contribution < 1.29 is 32.3 Å².